The molecule has 8 heteroatoms. The van der Waals surface area contributed by atoms with Crippen LogP contribution in [0.15, 0.2) is 73.3 Å². The van der Waals surface area contributed by atoms with Gasteiger partial charge in [0.2, 0.25) is 0 Å². The van der Waals surface area contributed by atoms with Crippen LogP contribution in [-0.2, 0) is 11.3 Å². The molecule has 0 bridgehead atoms. The minimum Gasteiger partial charge on any atom is -0.493 e. The molecule has 0 radical (unpaired) electrons. The Balaban J connectivity index is 0.00000103. The van der Waals surface area contributed by atoms with E-state index in [0.717, 1.165) is 21.9 Å². The van der Waals surface area contributed by atoms with E-state index in [2.05, 4.69) is 17.1 Å². The zero-order valence-electron chi connectivity index (χ0n) is 19.3. The highest BCUT2D eigenvalue weighted by Gasteiger charge is 2.13. The summed E-state index contributed by atoms with van der Waals surface area (Å²) in [6.07, 6.45) is 5.39. The van der Waals surface area contributed by atoms with Crippen molar-refractivity contribution in [3.63, 3.8) is 0 Å². The summed E-state index contributed by atoms with van der Waals surface area (Å²) >= 11 is 0. The smallest absolute Gasteiger partial charge is 0.290 e. The highest BCUT2D eigenvalue weighted by molar-refractivity contribution is 5.99. The predicted molar refractivity (Wildman–Crippen MR) is 130 cm³/mol. The molecular formula is C26H27N3O5. The minimum atomic E-state index is -0.250. The molecule has 1 heterocycles. The van der Waals surface area contributed by atoms with Crippen molar-refractivity contribution in [3.8, 4) is 22.6 Å². The van der Waals surface area contributed by atoms with Crippen LogP contribution in [0.25, 0.3) is 21.9 Å². The molecule has 0 unspecified atom stereocenters. The van der Waals surface area contributed by atoms with E-state index in [-0.39, 0.29) is 12.4 Å². The van der Waals surface area contributed by atoms with Gasteiger partial charge >= 0.3 is 0 Å². The second-order valence-corrected chi connectivity index (χ2v) is 7.48. The van der Waals surface area contributed by atoms with Gasteiger partial charge in [0.1, 0.15) is 0 Å². The van der Waals surface area contributed by atoms with Crippen LogP contribution in [0.1, 0.15) is 10.4 Å². The molecule has 0 aliphatic heterocycles. The Morgan fingerprint density at radius 3 is 2.32 bits per heavy atom. The third-order valence-electron chi connectivity index (χ3n) is 5.40. The Kier molecular flexibility index (Phi) is 8.23. The molecule has 3 aromatic carbocycles. The van der Waals surface area contributed by atoms with E-state index < -0.39 is 0 Å². The van der Waals surface area contributed by atoms with Gasteiger partial charge in [0, 0.05) is 38.1 Å². The van der Waals surface area contributed by atoms with E-state index >= 15 is 0 Å². The molecule has 1 amide bonds. The Morgan fingerprint density at radius 2 is 1.65 bits per heavy atom. The third kappa shape index (κ3) is 5.72. The maximum absolute atomic E-state index is 12.8. The zero-order chi connectivity index (χ0) is 24.5. The van der Waals surface area contributed by atoms with Gasteiger partial charge in [-0.2, -0.15) is 0 Å². The molecule has 0 saturated heterocycles. The first kappa shape index (κ1) is 24.3. The third-order valence-corrected chi connectivity index (χ3v) is 5.40. The molecule has 0 spiro atoms. The van der Waals surface area contributed by atoms with Gasteiger partial charge in [0.25, 0.3) is 12.4 Å². The largest absolute Gasteiger partial charge is 0.493 e. The lowest BCUT2D eigenvalue weighted by Crippen LogP contribution is -2.29. The zero-order valence-corrected chi connectivity index (χ0v) is 19.3. The molecule has 34 heavy (non-hydrogen) atoms. The topological polar surface area (TPSA) is 93.9 Å². The number of rotatable bonds is 7. The normalized spacial score (nSPS) is 10.2. The summed E-state index contributed by atoms with van der Waals surface area (Å²) in [5, 5.41) is 8.99. The molecule has 0 atom stereocenters. The van der Waals surface area contributed by atoms with Crippen molar-refractivity contribution in [3.05, 3.63) is 78.9 Å². The lowest BCUT2D eigenvalue weighted by Gasteiger charge is -2.18. The Morgan fingerprint density at radius 1 is 1.00 bits per heavy atom. The fourth-order valence-corrected chi connectivity index (χ4v) is 3.58. The number of methoxy groups -OCH3 is 2. The van der Waals surface area contributed by atoms with E-state index in [1.165, 1.54) is 0 Å². The van der Waals surface area contributed by atoms with Crippen LogP contribution < -0.4 is 9.47 Å². The second-order valence-electron chi connectivity index (χ2n) is 7.48. The van der Waals surface area contributed by atoms with Gasteiger partial charge in [-0.3, -0.25) is 9.59 Å². The Bertz CT molecular complexity index is 1250. The molecule has 4 aromatic rings. The van der Waals surface area contributed by atoms with Crippen LogP contribution >= 0.6 is 0 Å². The average Bonchev–Trinajstić information content (AvgIpc) is 3.40. The number of nitrogens with zero attached hydrogens (tertiary/aromatic N) is 3. The number of carbonyl (C=O) groups excluding carboxylic acids is 1. The summed E-state index contributed by atoms with van der Waals surface area (Å²) in [5.74, 6) is 1.40. The Labute approximate surface area is 198 Å². The number of ether oxygens (including phenoxy) is 2. The van der Waals surface area contributed by atoms with Crippen molar-refractivity contribution in [2.75, 3.05) is 27.8 Å². The summed E-state index contributed by atoms with van der Waals surface area (Å²) in [7, 11) is 5.08. The predicted octanol–water partition coefficient (Wildman–Crippen LogP) is 4.19. The molecular weight excluding hydrogens is 434 g/mol. The molecule has 1 aromatic heterocycles. The van der Waals surface area contributed by atoms with Crippen molar-refractivity contribution < 1.29 is 24.2 Å². The van der Waals surface area contributed by atoms with E-state index in [4.69, 9.17) is 19.4 Å². The van der Waals surface area contributed by atoms with E-state index in [9.17, 15) is 4.79 Å². The van der Waals surface area contributed by atoms with E-state index in [1.807, 2.05) is 60.3 Å². The highest BCUT2D eigenvalue weighted by atomic mass is 16.5. The summed E-state index contributed by atoms with van der Waals surface area (Å²) in [4.78, 5) is 27.0. The number of aromatic nitrogens is 2. The van der Waals surface area contributed by atoms with Crippen LogP contribution in [0, 0.1) is 0 Å². The summed E-state index contributed by atoms with van der Waals surface area (Å²) in [6, 6.07) is 17.9. The number of likely N-dealkylation sites (N-methyl/N-ethyl adjacent to an activating group) is 1. The molecule has 8 nitrogen and oxygen atoms in total. The van der Waals surface area contributed by atoms with Crippen LogP contribution in [0.4, 0.5) is 0 Å². The molecule has 0 saturated carbocycles. The maximum Gasteiger partial charge on any atom is 0.290 e. The van der Waals surface area contributed by atoms with Crippen molar-refractivity contribution in [2.45, 2.75) is 6.54 Å². The summed E-state index contributed by atoms with van der Waals surface area (Å²) in [6.45, 7) is 1.08. The van der Waals surface area contributed by atoms with Gasteiger partial charge in [0.05, 0.1) is 20.5 Å². The van der Waals surface area contributed by atoms with Crippen molar-refractivity contribution >= 4 is 23.2 Å². The van der Waals surface area contributed by atoms with Gasteiger partial charge in [-0.15, -0.1) is 0 Å². The lowest BCUT2D eigenvalue weighted by atomic mass is 9.99. The number of imidazole rings is 1. The second kappa shape index (κ2) is 11.5. The average molecular weight is 462 g/mol. The number of hydrogen-bond donors (Lipinski definition) is 1. The van der Waals surface area contributed by atoms with Gasteiger partial charge in [-0.1, -0.05) is 24.3 Å². The van der Waals surface area contributed by atoms with Gasteiger partial charge in [0.15, 0.2) is 11.5 Å². The fraction of sp³-hybridized carbons (Fsp3) is 0.192. The van der Waals surface area contributed by atoms with Crippen molar-refractivity contribution in [1.29, 1.82) is 0 Å². The first-order valence-corrected chi connectivity index (χ1v) is 10.6. The minimum absolute atomic E-state index is 0.00554. The van der Waals surface area contributed by atoms with Crippen molar-refractivity contribution in [2.24, 2.45) is 0 Å². The quantitative estimate of drug-likeness (QED) is 0.415. The van der Waals surface area contributed by atoms with Gasteiger partial charge in [-0.25, -0.2) is 4.98 Å². The number of hydrogen-bond acceptors (Lipinski definition) is 5. The molecule has 0 fully saturated rings. The molecule has 176 valence electrons. The molecule has 0 aliphatic carbocycles. The van der Waals surface area contributed by atoms with Crippen LogP contribution in [0.2, 0.25) is 0 Å². The summed E-state index contributed by atoms with van der Waals surface area (Å²) < 4.78 is 12.7. The van der Waals surface area contributed by atoms with Gasteiger partial charge < -0.3 is 24.0 Å². The first-order valence-electron chi connectivity index (χ1n) is 10.6. The van der Waals surface area contributed by atoms with E-state index in [0.29, 0.717) is 30.2 Å². The van der Waals surface area contributed by atoms with Crippen molar-refractivity contribution in [1.82, 2.24) is 14.5 Å². The van der Waals surface area contributed by atoms with Gasteiger partial charge in [-0.05, 0) is 52.2 Å². The monoisotopic (exact) mass is 461 g/mol. The number of carboxylic acid groups (broad SMARTS) is 1. The highest BCUT2D eigenvalue weighted by Crippen LogP contribution is 2.33. The van der Waals surface area contributed by atoms with E-state index in [1.54, 1.807) is 31.6 Å². The number of carbonyl (C=O) groups is 2. The van der Waals surface area contributed by atoms with Crippen LogP contribution in [-0.4, -0.2) is 59.7 Å². The molecule has 4 rings (SSSR count). The van der Waals surface area contributed by atoms with Crippen LogP contribution in [0.3, 0.4) is 0 Å². The molecule has 1 N–H and O–H groups in total. The maximum atomic E-state index is 12.8. The standard InChI is InChI=1S/C25H25N3O3.CH2O2/c1-27(12-13-28-11-10-26-17-28)25(29)22-7-6-18-14-19(4-5-20(18)15-22)21-8-9-23(30-2)24(16-21)31-3;2-1-3/h4-11,14-17H,12-13H2,1-3H3;1H,(H,2,3). The molecule has 0 aliphatic rings. The number of benzene rings is 3. The number of fused-ring (bicyclic) bond motifs is 1. The fourth-order valence-electron chi connectivity index (χ4n) is 3.58. The van der Waals surface area contributed by atoms with Crippen LogP contribution in [0.5, 0.6) is 11.5 Å². The lowest BCUT2D eigenvalue weighted by molar-refractivity contribution is -0.122. The SMILES string of the molecule is COc1ccc(-c2ccc3cc(C(=O)N(C)CCn4ccnc4)ccc3c2)cc1OC.O=CO. The summed E-state index contributed by atoms with van der Waals surface area (Å²) in [5.41, 5.74) is 2.79. The Hall–Kier alpha value is -4.33. The number of amides is 1. The first-order chi connectivity index (χ1) is 16.5.